The molecule has 0 unspecified atom stereocenters. The largest absolute Gasteiger partial charge is 0.500 e. The molecule has 4 nitrogen and oxygen atoms in total. The molecule has 0 aliphatic rings. The molecule has 0 bridgehead atoms. The summed E-state index contributed by atoms with van der Waals surface area (Å²) in [4.78, 5) is 11.2. The molecule has 0 aromatic rings. The summed E-state index contributed by atoms with van der Waals surface area (Å²) in [6.45, 7) is 9.91. The molecule has 0 aliphatic heterocycles. The molecule has 25 heavy (non-hydrogen) atoms. The van der Waals surface area contributed by atoms with E-state index >= 15 is 0 Å². The van der Waals surface area contributed by atoms with Crippen molar-refractivity contribution in [2.24, 2.45) is 0 Å². The van der Waals surface area contributed by atoms with Gasteiger partial charge < -0.3 is 13.3 Å². The van der Waals surface area contributed by atoms with Crippen LogP contribution in [0.5, 0.6) is 0 Å². The minimum Gasteiger partial charge on any atom is -0.374 e. The lowest BCUT2D eigenvalue weighted by molar-refractivity contribution is -0.110. The highest BCUT2D eigenvalue weighted by Crippen LogP contribution is 2.20. The SMILES string of the molecule is CCO[Si](CCCSCCCCCCSC(=O)CC)(OCC)OCC. The van der Waals surface area contributed by atoms with Crippen molar-refractivity contribution in [3.63, 3.8) is 0 Å². The van der Waals surface area contributed by atoms with Gasteiger partial charge in [-0.05, 0) is 51.5 Å². The quantitative estimate of drug-likeness (QED) is 0.223. The van der Waals surface area contributed by atoms with E-state index < -0.39 is 8.80 Å². The van der Waals surface area contributed by atoms with Gasteiger partial charge in [0.2, 0.25) is 0 Å². The Balaban J connectivity index is 3.64. The van der Waals surface area contributed by atoms with Gasteiger partial charge in [-0.15, -0.1) is 0 Å². The molecule has 7 heteroatoms. The first kappa shape index (κ1) is 25.5. The van der Waals surface area contributed by atoms with Crippen LogP contribution in [0.4, 0.5) is 0 Å². The zero-order valence-electron chi connectivity index (χ0n) is 16.6. The van der Waals surface area contributed by atoms with Crippen LogP contribution >= 0.6 is 23.5 Å². The second-order valence-corrected chi connectivity index (χ2v) is 10.8. The zero-order valence-corrected chi connectivity index (χ0v) is 19.3. The van der Waals surface area contributed by atoms with Gasteiger partial charge in [-0.1, -0.05) is 31.5 Å². The minimum atomic E-state index is -2.44. The van der Waals surface area contributed by atoms with Crippen molar-refractivity contribution in [3.8, 4) is 0 Å². The Kier molecular flexibility index (Phi) is 18.2. The summed E-state index contributed by atoms with van der Waals surface area (Å²) in [6, 6.07) is 0.915. The molecule has 0 amide bonds. The molecular formula is C18H38O4S2Si. The molecule has 150 valence electrons. The molecule has 0 rings (SSSR count). The summed E-state index contributed by atoms with van der Waals surface area (Å²) in [5, 5.41) is 0.321. The molecular weight excluding hydrogens is 372 g/mol. The van der Waals surface area contributed by atoms with Gasteiger partial charge in [0.1, 0.15) is 0 Å². The number of carbonyl (C=O) groups excluding carboxylic acids is 1. The van der Waals surface area contributed by atoms with Crippen molar-refractivity contribution in [3.05, 3.63) is 0 Å². The number of carbonyl (C=O) groups is 1. The van der Waals surface area contributed by atoms with Crippen LogP contribution in [0.2, 0.25) is 6.04 Å². The van der Waals surface area contributed by atoms with Gasteiger partial charge in [0, 0.05) is 38.0 Å². The van der Waals surface area contributed by atoms with Crippen molar-refractivity contribution in [2.45, 2.75) is 72.3 Å². The van der Waals surface area contributed by atoms with Gasteiger partial charge >= 0.3 is 8.80 Å². The molecule has 0 aromatic heterocycles. The number of thioether (sulfide) groups is 2. The fourth-order valence-electron chi connectivity index (χ4n) is 2.44. The van der Waals surface area contributed by atoms with Crippen molar-refractivity contribution >= 4 is 37.4 Å². The highest BCUT2D eigenvalue weighted by Gasteiger charge is 2.39. The molecule has 0 spiro atoms. The van der Waals surface area contributed by atoms with Crippen LogP contribution in [0, 0.1) is 0 Å². The van der Waals surface area contributed by atoms with E-state index in [1.54, 1.807) is 0 Å². The predicted molar refractivity (Wildman–Crippen MR) is 114 cm³/mol. The topological polar surface area (TPSA) is 44.8 Å². The third kappa shape index (κ3) is 14.2. The van der Waals surface area contributed by atoms with Crippen LogP contribution in [0.25, 0.3) is 0 Å². The van der Waals surface area contributed by atoms with Crippen LogP contribution in [-0.2, 0) is 18.1 Å². The molecule has 0 heterocycles. The lowest BCUT2D eigenvalue weighted by atomic mass is 10.2. The maximum atomic E-state index is 11.2. The van der Waals surface area contributed by atoms with E-state index in [4.69, 9.17) is 13.3 Å². The standard InChI is InChI=1S/C18H38O4S2Si/c1-5-18(19)24-16-12-10-9-11-14-23-15-13-17-25(20-6-2,21-7-3)22-8-4/h5-17H2,1-4H3. The second kappa shape index (κ2) is 17.9. The number of unbranched alkanes of at least 4 members (excludes halogenated alkanes) is 3. The Morgan fingerprint density at radius 2 is 1.28 bits per heavy atom. The number of rotatable bonds is 18. The molecule has 0 atom stereocenters. The van der Waals surface area contributed by atoms with Gasteiger partial charge in [0.05, 0.1) is 0 Å². The van der Waals surface area contributed by atoms with E-state index in [-0.39, 0.29) is 0 Å². The van der Waals surface area contributed by atoms with Gasteiger partial charge in [-0.3, -0.25) is 4.79 Å². The smallest absolute Gasteiger partial charge is 0.374 e. The highest BCUT2D eigenvalue weighted by atomic mass is 32.2. The normalized spacial score (nSPS) is 11.8. The number of hydrogen-bond donors (Lipinski definition) is 0. The first-order chi connectivity index (χ1) is 12.1. The Morgan fingerprint density at radius 3 is 1.80 bits per heavy atom. The highest BCUT2D eigenvalue weighted by molar-refractivity contribution is 8.13. The lowest BCUT2D eigenvalue weighted by Crippen LogP contribution is -2.46. The van der Waals surface area contributed by atoms with E-state index in [1.807, 2.05) is 39.5 Å². The van der Waals surface area contributed by atoms with Gasteiger partial charge in [0.15, 0.2) is 5.12 Å². The van der Waals surface area contributed by atoms with Crippen LogP contribution in [0.3, 0.4) is 0 Å². The zero-order chi connectivity index (χ0) is 18.8. The third-order valence-electron chi connectivity index (χ3n) is 3.60. The summed E-state index contributed by atoms with van der Waals surface area (Å²) in [6.07, 6.45) is 6.67. The van der Waals surface area contributed by atoms with Gasteiger partial charge in [-0.2, -0.15) is 11.8 Å². The van der Waals surface area contributed by atoms with E-state index in [1.165, 1.54) is 36.8 Å². The first-order valence-corrected chi connectivity index (χ1v) is 13.9. The second-order valence-electron chi connectivity index (χ2n) is 5.69. The summed E-state index contributed by atoms with van der Waals surface area (Å²) < 4.78 is 17.6. The predicted octanol–water partition coefficient (Wildman–Crippen LogP) is 5.39. The van der Waals surface area contributed by atoms with Gasteiger partial charge in [0.25, 0.3) is 0 Å². The van der Waals surface area contributed by atoms with E-state index in [0.29, 0.717) is 31.4 Å². The Bertz CT molecular complexity index is 302. The van der Waals surface area contributed by atoms with E-state index in [2.05, 4.69) is 0 Å². The van der Waals surface area contributed by atoms with Crippen LogP contribution < -0.4 is 0 Å². The van der Waals surface area contributed by atoms with Crippen LogP contribution in [-0.4, -0.2) is 51.0 Å². The molecule has 0 aliphatic carbocycles. The Morgan fingerprint density at radius 1 is 0.760 bits per heavy atom. The molecule has 0 fully saturated rings. The average molecular weight is 411 g/mol. The molecule has 0 N–H and O–H groups in total. The summed E-state index contributed by atoms with van der Waals surface area (Å²) in [5.41, 5.74) is 0. The maximum absolute atomic E-state index is 11.2. The van der Waals surface area contributed by atoms with Crippen molar-refractivity contribution < 1.29 is 18.1 Å². The van der Waals surface area contributed by atoms with Crippen LogP contribution in [0.15, 0.2) is 0 Å². The Labute approximate surface area is 164 Å². The van der Waals surface area contributed by atoms with E-state index in [0.717, 1.165) is 30.4 Å². The van der Waals surface area contributed by atoms with E-state index in [9.17, 15) is 4.79 Å². The van der Waals surface area contributed by atoms with Crippen molar-refractivity contribution in [1.29, 1.82) is 0 Å². The first-order valence-electron chi connectivity index (χ1n) is 9.79. The Hall–Kier alpha value is 0.467. The monoisotopic (exact) mass is 410 g/mol. The molecule has 0 radical (unpaired) electrons. The minimum absolute atomic E-state index is 0.321. The maximum Gasteiger partial charge on any atom is 0.500 e. The fraction of sp³-hybridized carbons (Fsp3) is 0.944. The van der Waals surface area contributed by atoms with Gasteiger partial charge in [-0.25, -0.2) is 0 Å². The van der Waals surface area contributed by atoms with Crippen molar-refractivity contribution in [1.82, 2.24) is 0 Å². The van der Waals surface area contributed by atoms with Crippen LogP contribution in [0.1, 0.15) is 66.2 Å². The number of hydrogen-bond acceptors (Lipinski definition) is 6. The van der Waals surface area contributed by atoms with Crippen molar-refractivity contribution in [2.75, 3.05) is 37.1 Å². The summed E-state index contributed by atoms with van der Waals surface area (Å²) in [5.74, 6) is 3.34. The molecule has 0 aromatic carbocycles. The summed E-state index contributed by atoms with van der Waals surface area (Å²) in [7, 11) is -2.44. The summed E-state index contributed by atoms with van der Waals surface area (Å²) >= 11 is 3.51. The molecule has 0 saturated heterocycles. The third-order valence-corrected chi connectivity index (χ3v) is 9.01. The lowest BCUT2D eigenvalue weighted by Gasteiger charge is -2.28. The average Bonchev–Trinajstić information content (AvgIpc) is 2.60. The molecule has 0 saturated carbocycles. The fourth-order valence-corrected chi connectivity index (χ4v) is 7.05.